The summed E-state index contributed by atoms with van der Waals surface area (Å²) in [7, 11) is 0. The third-order valence-electron chi connectivity index (χ3n) is 0.709. The summed E-state index contributed by atoms with van der Waals surface area (Å²) >= 11 is 0. The van der Waals surface area contributed by atoms with Crippen LogP contribution in [0.5, 0.6) is 0 Å². The molecule has 0 heterocycles. The fourth-order valence-electron chi connectivity index (χ4n) is 0.282. The number of nitrogens with two attached hydrogens (primary N) is 1. The first-order valence-electron chi connectivity index (χ1n) is 2.45. The van der Waals surface area contributed by atoms with Gasteiger partial charge in [-0.2, -0.15) is 0 Å². The molecule has 0 spiro atoms. The Hall–Kier alpha value is -0.770. The van der Waals surface area contributed by atoms with E-state index in [4.69, 9.17) is 16.2 Å². The molecule has 0 saturated heterocycles. The molecule has 1 atom stereocenters. The Labute approximate surface area is 48.2 Å². The second kappa shape index (κ2) is 3.26. The summed E-state index contributed by atoms with van der Waals surface area (Å²) < 4.78 is 0. The van der Waals surface area contributed by atoms with E-state index >= 15 is 0 Å². The molecular formula is C4H11N3O. The van der Waals surface area contributed by atoms with Crippen LogP contribution in [0.3, 0.4) is 0 Å². The molecule has 0 amide bonds. The van der Waals surface area contributed by atoms with E-state index < -0.39 is 6.23 Å². The van der Waals surface area contributed by atoms with Crippen molar-refractivity contribution in [1.82, 2.24) is 5.32 Å². The number of hydrogen-bond acceptors (Lipinski definition) is 2. The Morgan fingerprint density at radius 1 is 2.00 bits per heavy atom. The van der Waals surface area contributed by atoms with Crippen LogP contribution in [-0.4, -0.2) is 17.3 Å². The largest absolute Gasteiger partial charge is 0.374 e. The highest BCUT2D eigenvalue weighted by atomic mass is 16.3. The number of nitrogens with one attached hydrogen (secondary N) is 2. The van der Waals surface area contributed by atoms with Crippen LogP contribution in [0.15, 0.2) is 0 Å². The second-order valence-electron chi connectivity index (χ2n) is 1.48. The number of aliphatic hydroxyl groups excluding tert-OH is 1. The molecule has 0 aliphatic rings. The maximum absolute atomic E-state index is 8.70. The van der Waals surface area contributed by atoms with Crippen molar-refractivity contribution in [3.8, 4) is 0 Å². The monoisotopic (exact) mass is 117 g/mol. The SMILES string of the molecule is CCC(O)NC(=N)N. The lowest BCUT2D eigenvalue weighted by molar-refractivity contribution is 0.155. The van der Waals surface area contributed by atoms with Gasteiger partial charge in [-0.15, -0.1) is 0 Å². The number of hydrogen-bond donors (Lipinski definition) is 4. The summed E-state index contributed by atoms with van der Waals surface area (Å²) in [4.78, 5) is 0. The molecule has 0 rings (SSSR count). The minimum absolute atomic E-state index is 0.195. The van der Waals surface area contributed by atoms with Crippen molar-refractivity contribution in [3.05, 3.63) is 0 Å². The van der Waals surface area contributed by atoms with Crippen LogP contribution < -0.4 is 11.1 Å². The molecule has 8 heavy (non-hydrogen) atoms. The average molecular weight is 117 g/mol. The fraction of sp³-hybridized carbons (Fsp3) is 0.750. The first-order chi connectivity index (χ1) is 3.66. The lowest BCUT2D eigenvalue weighted by Crippen LogP contribution is -2.38. The van der Waals surface area contributed by atoms with Gasteiger partial charge in [0.15, 0.2) is 5.96 Å². The van der Waals surface area contributed by atoms with Gasteiger partial charge >= 0.3 is 0 Å². The maximum Gasteiger partial charge on any atom is 0.187 e. The van der Waals surface area contributed by atoms with Gasteiger partial charge in [-0.3, -0.25) is 5.41 Å². The first-order valence-corrected chi connectivity index (χ1v) is 2.45. The molecule has 4 nitrogen and oxygen atoms in total. The Balaban J connectivity index is 3.24. The Kier molecular flexibility index (Phi) is 2.95. The van der Waals surface area contributed by atoms with E-state index in [2.05, 4.69) is 5.32 Å². The zero-order valence-electron chi connectivity index (χ0n) is 4.81. The van der Waals surface area contributed by atoms with Crippen molar-refractivity contribution < 1.29 is 5.11 Å². The minimum Gasteiger partial charge on any atom is -0.374 e. The molecule has 0 fully saturated rings. The van der Waals surface area contributed by atoms with Gasteiger partial charge in [0.1, 0.15) is 6.23 Å². The first kappa shape index (κ1) is 7.23. The van der Waals surface area contributed by atoms with Gasteiger partial charge in [0, 0.05) is 0 Å². The molecule has 0 aromatic heterocycles. The quantitative estimate of drug-likeness (QED) is 0.217. The molecule has 1 unspecified atom stereocenters. The molecule has 0 aromatic rings. The van der Waals surface area contributed by atoms with Crippen molar-refractivity contribution in [2.75, 3.05) is 0 Å². The molecule has 5 N–H and O–H groups in total. The van der Waals surface area contributed by atoms with Gasteiger partial charge in [-0.25, -0.2) is 0 Å². The van der Waals surface area contributed by atoms with E-state index in [9.17, 15) is 0 Å². The molecule has 0 aromatic carbocycles. The van der Waals surface area contributed by atoms with Gasteiger partial charge in [0.2, 0.25) is 0 Å². The van der Waals surface area contributed by atoms with Crippen LogP contribution in [-0.2, 0) is 0 Å². The molecule has 0 saturated carbocycles. The number of guanidine groups is 1. The molecule has 0 aliphatic carbocycles. The van der Waals surface area contributed by atoms with Crippen LogP contribution in [0.2, 0.25) is 0 Å². The van der Waals surface area contributed by atoms with E-state index in [0.717, 1.165) is 0 Å². The van der Waals surface area contributed by atoms with Crippen molar-refractivity contribution in [2.24, 2.45) is 5.73 Å². The molecule has 0 radical (unpaired) electrons. The Morgan fingerprint density at radius 3 is 2.62 bits per heavy atom. The van der Waals surface area contributed by atoms with Crippen molar-refractivity contribution in [2.45, 2.75) is 19.6 Å². The molecule has 0 bridgehead atoms. The van der Waals surface area contributed by atoms with Crippen LogP contribution in [0, 0.1) is 5.41 Å². The molecule has 0 aliphatic heterocycles. The smallest absolute Gasteiger partial charge is 0.187 e. The zero-order valence-corrected chi connectivity index (χ0v) is 4.81. The molecule has 48 valence electrons. The van der Waals surface area contributed by atoms with Gasteiger partial charge in [0.25, 0.3) is 0 Å². The van der Waals surface area contributed by atoms with E-state index in [-0.39, 0.29) is 5.96 Å². The number of rotatable bonds is 2. The fourth-order valence-corrected chi connectivity index (χ4v) is 0.282. The van der Waals surface area contributed by atoms with E-state index in [0.29, 0.717) is 6.42 Å². The molecular weight excluding hydrogens is 106 g/mol. The highest BCUT2D eigenvalue weighted by Gasteiger charge is 1.96. The van der Waals surface area contributed by atoms with Crippen LogP contribution in [0.1, 0.15) is 13.3 Å². The zero-order chi connectivity index (χ0) is 6.57. The topological polar surface area (TPSA) is 82.1 Å². The predicted octanol–water partition coefficient (Wildman–Crippen LogP) is -0.802. The Bertz CT molecular complexity index is 83.4. The van der Waals surface area contributed by atoms with Crippen molar-refractivity contribution >= 4 is 5.96 Å². The summed E-state index contributed by atoms with van der Waals surface area (Å²) in [6.45, 7) is 1.79. The van der Waals surface area contributed by atoms with Crippen molar-refractivity contribution in [1.29, 1.82) is 5.41 Å². The lowest BCUT2D eigenvalue weighted by atomic mass is 10.4. The highest BCUT2D eigenvalue weighted by Crippen LogP contribution is 1.80. The van der Waals surface area contributed by atoms with E-state index in [1.54, 1.807) is 6.92 Å². The lowest BCUT2D eigenvalue weighted by Gasteiger charge is -2.07. The second-order valence-corrected chi connectivity index (χ2v) is 1.48. The van der Waals surface area contributed by atoms with Gasteiger partial charge in [-0.1, -0.05) is 6.92 Å². The van der Waals surface area contributed by atoms with Crippen LogP contribution >= 0.6 is 0 Å². The summed E-state index contributed by atoms with van der Waals surface area (Å²) in [5.41, 5.74) is 4.88. The third kappa shape index (κ3) is 3.42. The summed E-state index contributed by atoms with van der Waals surface area (Å²) in [6, 6.07) is 0. The normalized spacial score (nSPS) is 12.8. The van der Waals surface area contributed by atoms with Gasteiger partial charge in [-0.05, 0) is 6.42 Å². The maximum atomic E-state index is 8.70. The van der Waals surface area contributed by atoms with Gasteiger partial charge in [0.05, 0.1) is 0 Å². The highest BCUT2D eigenvalue weighted by molar-refractivity contribution is 5.74. The van der Waals surface area contributed by atoms with Crippen LogP contribution in [0.4, 0.5) is 0 Å². The van der Waals surface area contributed by atoms with E-state index in [1.807, 2.05) is 0 Å². The summed E-state index contributed by atoms with van der Waals surface area (Å²) in [6.07, 6.45) is -0.118. The summed E-state index contributed by atoms with van der Waals surface area (Å²) in [5, 5.41) is 17.6. The molecule has 4 heteroatoms. The van der Waals surface area contributed by atoms with Crippen LogP contribution in [0.25, 0.3) is 0 Å². The summed E-state index contributed by atoms with van der Waals surface area (Å²) in [5.74, 6) is -0.195. The van der Waals surface area contributed by atoms with Crippen molar-refractivity contribution in [3.63, 3.8) is 0 Å². The number of aliphatic hydroxyl groups is 1. The Morgan fingerprint density at radius 2 is 2.50 bits per heavy atom. The predicted molar refractivity (Wildman–Crippen MR) is 31.3 cm³/mol. The minimum atomic E-state index is -0.674. The average Bonchev–Trinajstić information content (AvgIpc) is 1.65. The van der Waals surface area contributed by atoms with E-state index in [1.165, 1.54) is 0 Å². The standard InChI is InChI=1S/C4H11N3O/c1-2-3(8)7-4(5)6/h3,8H,2H2,1H3,(H4,5,6,7). The van der Waals surface area contributed by atoms with Gasteiger partial charge < -0.3 is 16.2 Å². The third-order valence-corrected chi connectivity index (χ3v) is 0.709.